The van der Waals surface area contributed by atoms with Crippen LogP contribution in [0.25, 0.3) is 0 Å². The third-order valence-electron chi connectivity index (χ3n) is 5.81. The van der Waals surface area contributed by atoms with Gasteiger partial charge in [-0.25, -0.2) is 0 Å². The van der Waals surface area contributed by atoms with E-state index in [1.165, 1.54) is 5.56 Å². The lowest BCUT2D eigenvalue weighted by Crippen LogP contribution is -2.58. The van der Waals surface area contributed by atoms with Crippen LogP contribution in [0.15, 0.2) is 30.3 Å². The number of carbonyl (C=O) groups excluding carboxylic acids is 1. The van der Waals surface area contributed by atoms with Crippen LogP contribution in [0.1, 0.15) is 31.2 Å². The zero-order chi connectivity index (χ0) is 16.4. The van der Waals surface area contributed by atoms with Gasteiger partial charge in [-0.1, -0.05) is 30.3 Å². The number of hydrogen-bond acceptors (Lipinski definition) is 3. The lowest BCUT2D eigenvalue weighted by atomic mass is 9.89. The van der Waals surface area contributed by atoms with Gasteiger partial charge in [0.25, 0.3) is 0 Å². The Morgan fingerprint density at radius 2 is 1.88 bits per heavy atom. The summed E-state index contributed by atoms with van der Waals surface area (Å²) < 4.78 is 6.18. The minimum Gasteiger partial charge on any atom is -0.371 e. The van der Waals surface area contributed by atoms with Crippen molar-refractivity contribution in [2.75, 3.05) is 39.3 Å². The van der Waals surface area contributed by atoms with Crippen molar-refractivity contribution in [1.82, 2.24) is 9.80 Å². The van der Waals surface area contributed by atoms with Gasteiger partial charge >= 0.3 is 0 Å². The van der Waals surface area contributed by atoms with Crippen LogP contribution in [0.2, 0.25) is 0 Å². The third-order valence-corrected chi connectivity index (χ3v) is 5.81. The molecule has 0 radical (unpaired) electrons. The lowest BCUT2D eigenvalue weighted by molar-refractivity contribution is -0.160. The van der Waals surface area contributed by atoms with Crippen molar-refractivity contribution in [3.8, 4) is 0 Å². The van der Waals surface area contributed by atoms with Gasteiger partial charge in [-0.15, -0.1) is 0 Å². The number of piperidine rings is 1. The largest absolute Gasteiger partial charge is 0.371 e. The van der Waals surface area contributed by atoms with Gasteiger partial charge in [0.2, 0.25) is 5.91 Å². The zero-order valence-corrected chi connectivity index (χ0v) is 14.5. The molecule has 130 valence electrons. The van der Waals surface area contributed by atoms with Gasteiger partial charge in [0.05, 0.1) is 12.2 Å². The summed E-state index contributed by atoms with van der Waals surface area (Å²) in [6.45, 7) is 5.59. The maximum atomic E-state index is 12.4. The normalized spacial score (nSPS) is 24.2. The molecular formula is C20H28N2O2. The van der Waals surface area contributed by atoms with Gasteiger partial charge in [-0.2, -0.15) is 0 Å². The molecule has 0 atom stereocenters. The number of carbonyl (C=O) groups is 1. The van der Waals surface area contributed by atoms with Gasteiger partial charge in [0, 0.05) is 38.6 Å². The van der Waals surface area contributed by atoms with Gasteiger partial charge in [0.15, 0.2) is 0 Å². The average molecular weight is 328 g/mol. The monoisotopic (exact) mass is 328 g/mol. The van der Waals surface area contributed by atoms with E-state index in [0.717, 1.165) is 64.8 Å². The van der Waals surface area contributed by atoms with E-state index in [2.05, 4.69) is 40.1 Å². The molecule has 4 rings (SSSR count). The number of nitrogens with zero attached hydrogens (tertiary/aromatic N) is 2. The zero-order valence-electron chi connectivity index (χ0n) is 14.5. The first-order valence-electron chi connectivity index (χ1n) is 9.43. The van der Waals surface area contributed by atoms with Crippen molar-refractivity contribution in [2.24, 2.45) is 5.92 Å². The molecule has 0 aromatic heterocycles. The van der Waals surface area contributed by atoms with E-state index in [0.29, 0.717) is 18.4 Å². The first-order chi connectivity index (χ1) is 11.7. The maximum absolute atomic E-state index is 12.4. The van der Waals surface area contributed by atoms with Crippen molar-refractivity contribution in [2.45, 2.75) is 37.7 Å². The molecule has 0 bridgehead atoms. The van der Waals surface area contributed by atoms with Gasteiger partial charge in [-0.3, -0.25) is 4.79 Å². The minimum absolute atomic E-state index is 0.0773. The quantitative estimate of drug-likeness (QED) is 0.850. The molecule has 2 aliphatic heterocycles. The summed E-state index contributed by atoms with van der Waals surface area (Å²) in [5.74, 6) is 0.704. The standard InChI is InChI=1S/C20H28N2O2/c23-19(18-6-7-18)22-14-15-24-20(16-22)9-12-21(13-10-20)11-8-17-4-2-1-3-5-17/h1-5,18H,6-16H2. The summed E-state index contributed by atoms with van der Waals surface area (Å²) in [5, 5.41) is 0. The number of amides is 1. The van der Waals surface area contributed by atoms with E-state index in [-0.39, 0.29) is 5.60 Å². The maximum Gasteiger partial charge on any atom is 0.225 e. The Bertz CT molecular complexity index is 562. The smallest absolute Gasteiger partial charge is 0.225 e. The molecule has 2 heterocycles. The first kappa shape index (κ1) is 16.1. The Morgan fingerprint density at radius 3 is 2.58 bits per heavy atom. The van der Waals surface area contributed by atoms with Crippen molar-refractivity contribution < 1.29 is 9.53 Å². The lowest BCUT2D eigenvalue weighted by Gasteiger charge is -2.47. The van der Waals surface area contributed by atoms with E-state index in [9.17, 15) is 4.79 Å². The number of rotatable bonds is 4. The Hall–Kier alpha value is -1.39. The minimum atomic E-state index is -0.0773. The summed E-state index contributed by atoms with van der Waals surface area (Å²) >= 11 is 0. The molecule has 0 unspecified atom stereocenters. The van der Waals surface area contributed by atoms with E-state index in [1.807, 2.05) is 0 Å². The molecule has 1 spiro atoms. The summed E-state index contributed by atoms with van der Waals surface area (Å²) in [6, 6.07) is 10.7. The second-order valence-electron chi connectivity index (χ2n) is 7.64. The van der Waals surface area contributed by atoms with Crippen LogP contribution >= 0.6 is 0 Å². The molecule has 2 saturated heterocycles. The first-order valence-corrected chi connectivity index (χ1v) is 9.43. The van der Waals surface area contributed by atoms with Crippen LogP contribution < -0.4 is 0 Å². The molecule has 1 saturated carbocycles. The van der Waals surface area contributed by atoms with Crippen molar-refractivity contribution in [3.05, 3.63) is 35.9 Å². The summed E-state index contributed by atoms with van der Waals surface area (Å²) in [7, 11) is 0. The second-order valence-corrected chi connectivity index (χ2v) is 7.64. The van der Waals surface area contributed by atoms with Crippen LogP contribution in [-0.4, -0.2) is 60.6 Å². The fraction of sp³-hybridized carbons (Fsp3) is 0.650. The van der Waals surface area contributed by atoms with E-state index in [4.69, 9.17) is 4.74 Å². The summed E-state index contributed by atoms with van der Waals surface area (Å²) in [5.41, 5.74) is 1.33. The molecule has 4 heteroatoms. The predicted molar refractivity (Wildman–Crippen MR) is 93.8 cm³/mol. The van der Waals surface area contributed by atoms with Crippen molar-refractivity contribution in [3.63, 3.8) is 0 Å². The molecule has 1 aromatic carbocycles. The highest BCUT2D eigenvalue weighted by atomic mass is 16.5. The second kappa shape index (κ2) is 6.85. The highest BCUT2D eigenvalue weighted by molar-refractivity contribution is 5.81. The van der Waals surface area contributed by atoms with Crippen LogP contribution in [-0.2, 0) is 16.0 Å². The molecule has 4 nitrogen and oxygen atoms in total. The fourth-order valence-corrected chi connectivity index (χ4v) is 4.04. The molecule has 3 aliphatic rings. The molecule has 3 fully saturated rings. The highest BCUT2D eigenvalue weighted by Gasteiger charge is 2.43. The van der Waals surface area contributed by atoms with Crippen LogP contribution in [0, 0.1) is 5.92 Å². The molecule has 1 amide bonds. The van der Waals surface area contributed by atoms with Gasteiger partial charge in [-0.05, 0) is 37.7 Å². The van der Waals surface area contributed by atoms with Crippen LogP contribution in [0.3, 0.4) is 0 Å². The van der Waals surface area contributed by atoms with Gasteiger partial charge in [0.1, 0.15) is 0 Å². The summed E-state index contributed by atoms with van der Waals surface area (Å²) in [6.07, 6.45) is 5.40. The molecule has 1 aliphatic carbocycles. The van der Waals surface area contributed by atoms with E-state index in [1.54, 1.807) is 0 Å². The van der Waals surface area contributed by atoms with Crippen LogP contribution in [0.4, 0.5) is 0 Å². The SMILES string of the molecule is O=C(C1CC1)N1CCOC2(CCN(CCc3ccccc3)CC2)C1. The number of likely N-dealkylation sites (tertiary alicyclic amines) is 1. The third kappa shape index (κ3) is 3.65. The molecule has 1 aromatic rings. The Kier molecular flexibility index (Phi) is 4.59. The van der Waals surface area contributed by atoms with Gasteiger partial charge < -0.3 is 14.5 Å². The Balaban J connectivity index is 1.27. The topological polar surface area (TPSA) is 32.8 Å². The van der Waals surface area contributed by atoms with E-state index >= 15 is 0 Å². The summed E-state index contributed by atoms with van der Waals surface area (Å²) in [4.78, 5) is 17.0. The number of morpholine rings is 1. The van der Waals surface area contributed by atoms with Crippen molar-refractivity contribution in [1.29, 1.82) is 0 Å². The number of ether oxygens (including phenoxy) is 1. The predicted octanol–water partition coefficient (Wildman–Crippen LogP) is 2.33. The molecule has 24 heavy (non-hydrogen) atoms. The Morgan fingerprint density at radius 1 is 1.12 bits per heavy atom. The fourth-order valence-electron chi connectivity index (χ4n) is 4.04. The number of hydrogen-bond donors (Lipinski definition) is 0. The van der Waals surface area contributed by atoms with Crippen molar-refractivity contribution >= 4 is 5.91 Å². The highest BCUT2D eigenvalue weighted by Crippen LogP contribution is 2.35. The number of benzene rings is 1. The average Bonchev–Trinajstić information content (AvgIpc) is 3.47. The van der Waals surface area contributed by atoms with Crippen LogP contribution in [0.5, 0.6) is 0 Å². The molecular weight excluding hydrogens is 300 g/mol. The van der Waals surface area contributed by atoms with E-state index < -0.39 is 0 Å². The molecule has 0 N–H and O–H groups in total. The Labute approximate surface area is 144 Å².